The molecule has 1 heterocycles. The number of hydrogen-bond acceptors (Lipinski definition) is 7. The van der Waals surface area contributed by atoms with E-state index in [0.29, 0.717) is 48.6 Å². The van der Waals surface area contributed by atoms with Gasteiger partial charge in [-0.1, -0.05) is 55.4 Å². The van der Waals surface area contributed by atoms with Crippen LogP contribution in [0.15, 0.2) is 0 Å². The van der Waals surface area contributed by atoms with Gasteiger partial charge in [-0.05, 0) is 153 Å². The molecule has 7 aliphatic carbocycles. The molecule has 0 aromatic rings. The second-order valence-electron chi connectivity index (χ2n) is 23.1. The molecule has 0 amide bonds. The Morgan fingerprint density at radius 3 is 2.11 bits per heavy atom. The highest BCUT2D eigenvalue weighted by Crippen LogP contribution is 2.78. The molecule has 0 radical (unpaired) electrons. The molecule has 0 bridgehead atoms. The molecule has 0 aromatic carbocycles. The lowest BCUT2D eigenvalue weighted by Crippen LogP contribution is -2.69. The summed E-state index contributed by atoms with van der Waals surface area (Å²) in [6.07, 6.45) is 15.4. The number of hydrogen-bond donors (Lipinski definition) is 2. The molecule has 7 saturated carbocycles. The van der Waals surface area contributed by atoms with Crippen molar-refractivity contribution in [2.45, 2.75) is 163 Å². The second-order valence-corrected chi connectivity index (χ2v) is 25.5. The molecule has 2 N–H and O–H groups in total. The number of carbonyl (C=O) groups is 2. The minimum atomic E-state index is -3.00. The van der Waals surface area contributed by atoms with E-state index in [4.69, 9.17) is 4.74 Å². The van der Waals surface area contributed by atoms with Crippen molar-refractivity contribution in [2.75, 3.05) is 37.8 Å². The summed E-state index contributed by atoms with van der Waals surface area (Å²) < 4.78 is 45.1. The van der Waals surface area contributed by atoms with Gasteiger partial charge in [-0.3, -0.25) is 14.5 Å². The van der Waals surface area contributed by atoms with Crippen molar-refractivity contribution in [1.29, 1.82) is 0 Å². The molecule has 8 nitrogen and oxygen atoms in total. The number of carboxylic acids is 1. The highest BCUT2D eigenvalue weighted by atomic mass is 32.2. The number of nitrogens with zero attached hydrogens (tertiary/aromatic N) is 1. The normalized spacial score (nSPS) is 47.5. The first-order valence-corrected chi connectivity index (χ1v) is 24.6. The zero-order valence-corrected chi connectivity index (χ0v) is 36.9. The Hall–Kier alpha value is -1.26. The Kier molecular flexibility index (Phi) is 10.1. The molecule has 8 rings (SSSR count). The minimum Gasteiger partial charge on any atom is -0.481 e. The molecule has 8 fully saturated rings. The fraction of sp³-hybridized carbons (Fsp3) is 0.957. The number of halogens is 1. The maximum absolute atomic E-state index is 14.5. The number of carboxylic acid groups (broad SMARTS) is 1. The number of nitrogens with one attached hydrogen (secondary N) is 1. The highest BCUT2D eigenvalue weighted by molar-refractivity contribution is 7.91. The van der Waals surface area contributed by atoms with Gasteiger partial charge in [0.1, 0.15) is 12.8 Å². The van der Waals surface area contributed by atoms with Crippen LogP contribution in [0.1, 0.15) is 145 Å². The fourth-order valence-electron chi connectivity index (χ4n) is 16.3. The average Bonchev–Trinajstić information content (AvgIpc) is 3.74. The number of ether oxygens (including phenoxy) is 1. The SMILES string of the molecule is CC1([C@@H]2CC[C@]3(NCC[C@@H](CF)N4CCS(=O)(=O)CC4)CC[C@]4(C)[C@H](CC[C@@H]5[C@@]6(C)CC[C@H](OC(=O)[C@H]7C[C@@H](C(=O)O)C7(C)C)C(C)(C)[C@@H]6CC[C@]54C)[C@@H]23)CC1. The molecule has 10 heteroatoms. The zero-order valence-electron chi connectivity index (χ0n) is 36.1. The van der Waals surface area contributed by atoms with E-state index in [0.717, 1.165) is 38.1 Å². The molecule has 0 unspecified atom stereocenters. The summed E-state index contributed by atoms with van der Waals surface area (Å²) in [6, 6.07) is -0.220. The lowest BCUT2D eigenvalue weighted by molar-refractivity contribution is -0.249. The number of rotatable bonds is 10. The van der Waals surface area contributed by atoms with E-state index in [1.807, 2.05) is 13.8 Å². The number of alkyl halides is 1. The van der Waals surface area contributed by atoms with Crippen LogP contribution in [0.4, 0.5) is 4.39 Å². The van der Waals surface area contributed by atoms with Gasteiger partial charge in [-0.15, -0.1) is 0 Å². The standard InChI is InChI=1S/C46H75FN2O6S/c1-40(2)32(38(50)51)27-33(40)39(52)55-36-13-15-43(6)34(41(36,3)4)12-16-45(8)35(43)10-9-31-37-30(42(5)18-19-42)11-17-46(37,21-20-44(31,45)7)48-22-14-29(28-47)49-23-25-56(53,54)26-24-49/h29-37,48H,9-28H2,1-8H3,(H,50,51)/t29-,30+,31+,32-,33+,34-,35+,36-,37+,43-,44+,45+,46-/m0/s1. The van der Waals surface area contributed by atoms with Crippen LogP contribution in [0.2, 0.25) is 0 Å². The van der Waals surface area contributed by atoms with Gasteiger partial charge >= 0.3 is 11.9 Å². The van der Waals surface area contributed by atoms with E-state index < -0.39 is 33.8 Å². The average molecular weight is 803 g/mol. The molecular formula is C46H75FN2O6S. The molecule has 0 spiro atoms. The number of esters is 1. The molecule has 0 aromatic heterocycles. The van der Waals surface area contributed by atoms with Crippen LogP contribution >= 0.6 is 0 Å². The van der Waals surface area contributed by atoms with Crippen LogP contribution in [0, 0.1) is 73.9 Å². The molecule has 1 saturated heterocycles. The van der Waals surface area contributed by atoms with Crippen molar-refractivity contribution in [3.05, 3.63) is 0 Å². The Balaban J connectivity index is 0.993. The van der Waals surface area contributed by atoms with Crippen LogP contribution in [0.3, 0.4) is 0 Å². The van der Waals surface area contributed by atoms with Crippen molar-refractivity contribution >= 4 is 21.8 Å². The Labute approximate surface area is 337 Å². The van der Waals surface area contributed by atoms with Crippen molar-refractivity contribution in [3.8, 4) is 0 Å². The first-order chi connectivity index (χ1) is 26.1. The first kappa shape index (κ1) is 41.5. The lowest BCUT2D eigenvalue weighted by atomic mass is 9.32. The van der Waals surface area contributed by atoms with Crippen molar-refractivity contribution in [1.82, 2.24) is 10.2 Å². The Morgan fingerprint density at radius 2 is 1.48 bits per heavy atom. The smallest absolute Gasteiger partial charge is 0.309 e. The summed E-state index contributed by atoms with van der Waals surface area (Å²) in [4.78, 5) is 27.5. The summed E-state index contributed by atoms with van der Waals surface area (Å²) in [7, 11) is -3.00. The molecule has 318 valence electrons. The third-order valence-corrected chi connectivity index (χ3v) is 22.1. The van der Waals surface area contributed by atoms with Gasteiger partial charge < -0.3 is 15.2 Å². The zero-order chi connectivity index (χ0) is 40.5. The molecule has 8 aliphatic rings. The topological polar surface area (TPSA) is 113 Å². The van der Waals surface area contributed by atoms with Crippen molar-refractivity contribution < 1.29 is 32.2 Å². The van der Waals surface area contributed by atoms with E-state index in [2.05, 4.69) is 51.8 Å². The lowest BCUT2D eigenvalue weighted by Gasteiger charge is -2.73. The Bertz CT molecular complexity index is 1670. The molecule has 13 atom stereocenters. The largest absolute Gasteiger partial charge is 0.481 e. The quantitative estimate of drug-likeness (QED) is 0.212. The van der Waals surface area contributed by atoms with Gasteiger partial charge in [0.05, 0.1) is 23.3 Å². The maximum Gasteiger partial charge on any atom is 0.309 e. The van der Waals surface area contributed by atoms with Crippen molar-refractivity contribution in [2.24, 2.45) is 73.9 Å². The van der Waals surface area contributed by atoms with E-state index >= 15 is 0 Å². The monoisotopic (exact) mass is 803 g/mol. The molecule has 56 heavy (non-hydrogen) atoms. The Morgan fingerprint density at radius 1 is 0.786 bits per heavy atom. The number of fused-ring (bicyclic) bond motifs is 7. The summed E-state index contributed by atoms with van der Waals surface area (Å²) in [5.41, 5.74) is 0.411. The minimum absolute atomic E-state index is 0.0975. The van der Waals surface area contributed by atoms with Gasteiger partial charge in [0, 0.05) is 30.1 Å². The van der Waals surface area contributed by atoms with E-state index in [-0.39, 0.29) is 62.7 Å². The summed E-state index contributed by atoms with van der Waals surface area (Å²) in [5.74, 6) is 1.51. The molecule has 1 aliphatic heterocycles. The number of sulfone groups is 1. The fourth-order valence-corrected chi connectivity index (χ4v) is 17.6. The van der Waals surface area contributed by atoms with E-state index in [1.54, 1.807) is 0 Å². The number of carbonyl (C=O) groups excluding carboxylic acids is 1. The van der Waals surface area contributed by atoms with Crippen LogP contribution in [-0.2, 0) is 24.2 Å². The number of aliphatic carboxylic acids is 1. The van der Waals surface area contributed by atoms with Gasteiger partial charge in [0.25, 0.3) is 0 Å². The van der Waals surface area contributed by atoms with Crippen molar-refractivity contribution in [3.63, 3.8) is 0 Å². The van der Waals surface area contributed by atoms with Crippen LogP contribution in [0.25, 0.3) is 0 Å². The maximum atomic E-state index is 14.5. The van der Waals surface area contributed by atoms with Gasteiger partial charge in [-0.2, -0.15) is 0 Å². The third kappa shape index (κ3) is 6.13. The van der Waals surface area contributed by atoms with Gasteiger partial charge in [0.2, 0.25) is 0 Å². The molecular weight excluding hydrogens is 728 g/mol. The summed E-state index contributed by atoms with van der Waals surface area (Å²) >= 11 is 0. The van der Waals surface area contributed by atoms with Gasteiger partial charge in [-0.25, -0.2) is 12.8 Å². The van der Waals surface area contributed by atoms with Crippen LogP contribution in [0.5, 0.6) is 0 Å². The summed E-state index contributed by atoms with van der Waals surface area (Å²) in [5, 5.41) is 13.9. The highest BCUT2D eigenvalue weighted by Gasteiger charge is 2.72. The second kappa shape index (κ2) is 13.6. The van der Waals surface area contributed by atoms with E-state index in [9.17, 15) is 27.5 Å². The van der Waals surface area contributed by atoms with E-state index in [1.165, 1.54) is 57.8 Å². The predicted octanol–water partition coefficient (Wildman–Crippen LogP) is 8.33. The predicted molar refractivity (Wildman–Crippen MR) is 217 cm³/mol. The van der Waals surface area contributed by atoms with Crippen LogP contribution in [-0.4, -0.2) is 85.9 Å². The first-order valence-electron chi connectivity index (χ1n) is 22.8. The van der Waals surface area contributed by atoms with Gasteiger partial charge in [0.15, 0.2) is 9.84 Å². The third-order valence-electron chi connectivity index (χ3n) is 20.4. The van der Waals surface area contributed by atoms with Crippen LogP contribution < -0.4 is 5.32 Å². The summed E-state index contributed by atoms with van der Waals surface area (Å²) in [6.45, 7) is 20.3.